The Labute approximate surface area is 333 Å². The van der Waals surface area contributed by atoms with Crippen molar-refractivity contribution in [2.45, 2.75) is 277 Å². The Balaban J connectivity index is 3.35. The van der Waals surface area contributed by atoms with Gasteiger partial charge in [0.15, 0.2) is 0 Å². The van der Waals surface area contributed by atoms with E-state index in [0.29, 0.717) is 19.6 Å². The number of ether oxygens (including phenoxy) is 2. The molecule has 4 heteroatoms. The lowest BCUT2D eigenvalue weighted by Gasteiger charge is -2.16. The first-order chi connectivity index (χ1) is 26.2. The van der Waals surface area contributed by atoms with Crippen molar-refractivity contribution in [1.29, 1.82) is 0 Å². The van der Waals surface area contributed by atoms with E-state index in [9.17, 15) is 9.90 Å². The number of rotatable bonds is 46. The van der Waals surface area contributed by atoms with Crippen LogP contribution in [-0.2, 0) is 14.3 Å². The van der Waals surface area contributed by atoms with Crippen LogP contribution in [0, 0.1) is 0 Å². The van der Waals surface area contributed by atoms with Gasteiger partial charge in [0, 0.05) is 13.0 Å². The van der Waals surface area contributed by atoms with E-state index in [-0.39, 0.29) is 12.6 Å². The minimum atomic E-state index is -0.529. The van der Waals surface area contributed by atoms with E-state index in [1.165, 1.54) is 231 Å². The van der Waals surface area contributed by atoms with Crippen LogP contribution in [0.25, 0.3) is 0 Å². The van der Waals surface area contributed by atoms with Crippen molar-refractivity contribution in [3.63, 3.8) is 0 Å². The average Bonchev–Trinajstić information content (AvgIpc) is 3.16. The number of carbonyl (C=O) groups is 1. The molecule has 0 saturated heterocycles. The molecular formula is C49H96O4. The Morgan fingerprint density at radius 1 is 0.434 bits per heavy atom. The monoisotopic (exact) mass is 749 g/mol. The van der Waals surface area contributed by atoms with Gasteiger partial charge in [-0.2, -0.15) is 0 Å². The van der Waals surface area contributed by atoms with Crippen LogP contribution in [-0.4, -0.2) is 37.0 Å². The Hall–Kier alpha value is -0.870. The van der Waals surface area contributed by atoms with Crippen LogP contribution < -0.4 is 0 Å². The van der Waals surface area contributed by atoms with Crippen molar-refractivity contribution in [3.8, 4) is 0 Å². The molecule has 1 unspecified atom stereocenters. The Bertz CT molecular complexity index is 707. The lowest BCUT2D eigenvalue weighted by molar-refractivity contribution is -0.154. The predicted molar refractivity (Wildman–Crippen MR) is 233 cm³/mol. The summed E-state index contributed by atoms with van der Waals surface area (Å²) >= 11 is 0. The maximum absolute atomic E-state index is 12.2. The summed E-state index contributed by atoms with van der Waals surface area (Å²) in [5.41, 5.74) is 0. The van der Waals surface area contributed by atoms with Gasteiger partial charge in [-0.15, -0.1) is 0 Å². The van der Waals surface area contributed by atoms with Gasteiger partial charge in [0.25, 0.3) is 0 Å². The number of allylic oxidation sites excluding steroid dienone is 2. The van der Waals surface area contributed by atoms with E-state index in [4.69, 9.17) is 9.47 Å². The van der Waals surface area contributed by atoms with E-state index in [1.54, 1.807) is 0 Å². The average molecular weight is 749 g/mol. The second-order valence-electron chi connectivity index (χ2n) is 16.5. The number of hydrogen-bond donors (Lipinski definition) is 1. The summed E-state index contributed by atoms with van der Waals surface area (Å²) in [6, 6.07) is 0. The van der Waals surface area contributed by atoms with Gasteiger partial charge in [0.2, 0.25) is 0 Å². The summed E-state index contributed by atoms with van der Waals surface area (Å²) in [4.78, 5) is 12.2. The molecular weight excluding hydrogens is 653 g/mol. The number of esters is 1. The first-order valence-electron chi connectivity index (χ1n) is 24.3. The molecule has 0 rings (SSSR count). The lowest BCUT2D eigenvalue weighted by Crippen LogP contribution is -2.27. The summed E-state index contributed by atoms with van der Waals surface area (Å²) < 4.78 is 11.2. The van der Waals surface area contributed by atoms with Gasteiger partial charge in [0.05, 0.1) is 13.2 Å². The first kappa shape index (κ1) is 52.1. The molecule has 0 aromatic rings. The highest BCUT2D eigenvalue weighted by atomic mass is 16.6. The Kier molecular flexibility index (Phi) is 46.5. The predicted octanol–water partition coefficient (Wildman–Crippen LogP) is 16.1. The van der Waals surface area contributed by atoms with Gasteiger partial charge >= 0.3 is 5.97 Å². The molecule has 4 nitrogen and oxygen atoms in total. The standard InChI is InChI=1S/C49H96O4/c1-3-5-7-9-11-13-15-17-19-21-23-25-26-28-30-32-34-36-38-40-42-44-49(51)53-48(46-50)47-52-45-43-41-39-37-35-33-31-29-27-24-22-20-18-16-14-12-10-8-6-4-2/h18,20,48,50H,3-17,19,21-47H2,1-2H3/b20-18-. The first-order valence-corrected chi connectivity index (χ1v) is 24.3. The molecule has 0 aromatic heterocycles. The third kappa shape index (κ3) is 45.4. The van der Waals surface area contributed by atoms with Gasteiger partial charge < -0.3 is 14.6 Å². The maximum Gasteiger partial charge on any atom is 0.306 e. The quantitative estimate of drug-likeness (QED) is 0.0383. The smallest absolute Gasteiger partial charge is 0.306 e. The van der Waals surface area contributed by atoms with Crippen molar-refractivity contribution >= 4 is 5.97 Å². The third-order valence-corrected chi connectivity index (χ3v) is 11.1. The molecule has 0 aliphatic rings. The van der Waals surface area contributed by atoms with Crippen molar-refractivity contribution in [2.75, 3.05) is 19.8 Å². The topological polar surface area (TPSA) is 55.8 Å². The van der Waals surface area contributed by atoms with E-state index in [0.717, 1.165) is 19.3 Å². The zero-order valence-corrected chi connectivity index (χ0v) is 36.3. The number of hydrogen-bond acceptors (Lipinski definition) is 4. The van der Waals surface area contributed by atoms with Crippen molar-refractivity contribution in [2.24, 2.45) is 0 Å². The summed E-state index contributed by atoms with van der Waals surface area (Å²) in [5, 5.41) is 9.63. The molecule has 0 bridgehead atoms. The minimum Gasteiger partial charge on any atom is -0.457 e. The number of aliphatic hydroxyl groups is 1. The third-order valence-electron chi connectivity index (χ3n) is 11.1. The maximum atomic E-state index is 12.2. The molecule has 0 saturated carbocycles. The van der Waals surface area contributed by atoms with Crippen molar-refractivity contribution in [1.82, 2.24) is 0 Å². The molecule has 316 valence electrons. The molecule has 1 N–H and O–H groups in total. The second kappa shape index (κ2) is 47.3. The Morgan fingerprint density at radius 2 is 0.736 bits per heavy atom. The molecule has 0 aliphatic carbocycles. The Morgan fingerprint density at radius 3 is 1.08 bits per heavy atom. The van der Waals surface area contributed by atoms with Crippen molar-refractivity contribution < 1.29 is 19.4 Å². The van der Waals surface area contributed by atoms with Crippen LogP contribution >= 0.6 is 0 Å². The largest absolute Gasteiger partial charge is 0.457 e. The summed E-state index contributed by atoms with van der Waals surface area (Å²) in [5.74, 6) is -0.193. The normalized spacial score (nSPS) is 12.3. The summed E-state index contributed by atoms with van der Waals surface area (Å²) in [6.45, 7) is 5.39. The molecule has 1 atom stereocenters. The van der Waals surface area contributed by atoms with Crippen LogP contribution in [0.3, 0.4) is 0 Å². The molecule has 0 heterocycles. The van der Waals surface area contributed by atoms with Crippen LogP contribution in [0.2, 0.25) is 0 Å². The van der Waals surface area contributed by atoms with E-state index >= 15 is 0 Å². The summed E-state index contributed by atoms with van der Waals surface area (Å²) in [7, 11) is 0. The molecule has 0 aliphatic heterocycles. The van der Waals surface area contributed by atoms with Gasteiger partial charge in [0.1, 0.15) is 6.10 Å². The number of unbranched alkanes of at least 4 members (excludes halogenated alkanes) is 36. The van der Waals surface area contributed by atoms with Crippen LogP contribution in [0.1, 0.15) is 271 Å². The highest BCUT2D eigenvalue weighted by Crippen LogP contribution is 2.16. The minimum absolute atomic E-state index is 0.166. The van der Waals surface area contributed by atoms with Crippen LogP contribution in [0.5, 0.6) is 0 Å². The fourth-order valence-corrected chi connectivity index (χ4v) is 7.44. The fraction of sp³-hybridized carbons (Fsp3) is 0.939. The molecule has 0 radical (unpaired) electrons. The van der Waals surface area contributed by atoms with Gasteiger partial charge in [-0.1, -0.05) is 238 Å². The molecule has 0 fully saturated rings. The van der Waals surface area contributed by atoms with Gasteiger partial charge in [-0.25, -0.2) is 0 Å². The second-order valence-corrected chi connectivity index (χ2v) is 16.5. The SMILES string of the molecule is CCCCCCCC/C=C\CCCCCCCCCCCCOCC(CO)OC(=O)CCCCCCCCCCCCCCCCCCCCCCC. The number of aliphatic hydroxyl groups excluding tert-OH is 1. The van der Waals surface area contributed by atoms with E-state index in [2.05, 4.69) is 26.0 Å². The number of carbonyl (C=O) groups excluding carboxylic acids is 1. The molecule has 0 spiro atoms. The van der Waals surface area contributed by atoms with Crippen LogP contribution in [0.4, 0.5) is 0 Å². The molecule has 53 heavy (non-hydrogen) atoms. The fourth-order valence-electron chi connectivity index (χ4n) is 7.44. The lowest BCUT2D eigenvalue weighted by atomic mass is 10.0. The highest BCUT2D eigenvalue weighted by Gasteiger charge is 2.13. The molecule has 0 amide bonds. The zero-order valence-electron chi connectivity index (χ0n) is 36.3. The van der Waals surface area contributed by atoms with Gasteiger partial charge in [-0.3, -0.25) is 4.79 Å². The van der Waals surface area contributed by atoms with Crippen molar-refractivity contribution in [3.05, 3.63) is 12.2 Å². The molecule has 0 aromatic carbocycles. The van der Waals surface area contributed by atoms with Crippen LogP contribution in [0.15, 0.2) is 12.2 Å². The zero-order chi connectivity index (χ0) is 38.4. The van der Waals surface area contributed by atoms with E-state index < -0.39 is 6.10 Å². The summed E-state index contributed by atoms with van der Waals surface area (Å²) in [6.07, 6.45) is 57.2. The van der Waals surface area contributed by atoms with Gasteiger partial charge in [-0.05, 0) is 38.5 Å². The highest BCUT2D eigenvalue weighted by molar-refractivity contribution is 5.69. The van der Waals surface area contributed by atoms with E-state index in [1.807, 2.05) is 0 Å².